The van der Waals surface area contributed by atoms with Gasteiger partial charge in [-0.15, -0.1) is 12.4 Å². The van der Waals surface area contributed by atoms with E-state index in [1.54, 1.807) is 0 Å². The Morgan fingerprint density at radius 3 is 2.43 bits per heavy atom. The summed E-state index contributed by atoms with van der Waals surface area (Å²) in [6, 6.07) is 8.74. The molecule has 0 spiro atoms. The molecule has 14 heavy (non-hydrogen) atoms. The van der Waals surface area contributed by atoms with Crippen LogP contribution in [0.4, 0.5) is 0 Å². The fourth-order valence-electron chi connectivity index (χ4n) is 2.01. The standard InChI is InChI=1S/C12H17N.ClH/c1-9-5-2-3-8-11(9)12(13)10-6-4-7-10;/h2-3,5,8,10,12H,4,6-7,13H2,1H3;1H. The molecule has 1 nitrogen and oxygen atoms in total. The van der Waals surface area contributed by atoms with Crippen LogP contribution in [0.15, 0.2) is 24.3 Å². The van der Waals surface area contributed by atoms with Crippen molar-refractivity contribution in [3.8, 4) is 0 Å². The molecule has 1 fully saturated rings. The van der Waals surface area contributed by atoms with Gasteiger partial charge in [-0.3, -0.25) is 0 Å². The van der Waals surface area contributed by atoms with Crippen LogP contribution in [0.3, 0.4) is 0 Å². The minimum atomic E-state index is 0. The molecule has 1 aromatic rings. The van der Waals surface area contributed by atoms with E-state index >= 15 is 0 Å². The van der Waals surface area contributed by atoms with E-state index in [0.717, 1.165) is 5.92 Å². The summed E-state index contributed by atoms with van der Waals surface area (Å²) in [4.78, 5) is 0. The molecule has 0 aliphatic heterocycles. The van der Waals surface area contributed by atoms with Gasteiger partial charge in [0.1, 0.15) is 0 Å². The van der Waals surface area contributed by atoms with E-state index in [4.69, 9.17) is 5.73 Å². The van der Waals surface area contributed by atoms with Crippen molar-refractivity contribution in [1.29, 1.82) is 0 Å². The van der Waals surface area contributed by atoms with Crippen LogP contribution < -0.4 is 5.73 Å². The monoisotopic (exact) mass is 211 g/mol. The first-order valence-electron chi connectivity index (χ1n) is 5.10. The normalized spacial score (nSPS) is 18.1. The second kappa shape index (κ2) is 4.81. The Labute approximate surface area is 92.1 Å². The van der Waals surface area contributed by atoms with Crippen LogP contribution in [-0.2, 0) is 0 Å². The molecule has 1 aromatic carbocycles. The summed E-state index contributed by atoms with van der Waals surface area (Å²) < 4.78 is 0. The van der Waals surface area contributed by atoms with E-state index in [9.17, 15) is 0 Å². The number of hydrogen-bond acceptors (Lipinski definition) is 1. The fourth-order valence-corrected chi connectivity index (χ4v) is 2.01. The second-order valence-electron chi connectivity index (χ2n) is 4.07. The molecule has 1 atom stereocenters. The van der Waals surface area contributed by atoms with Crippen LogP contribution in [0.1, 0.15) is 36.4 Å². The molecule has 0 radical (unpaired) electrons. The largest absolute Gasteiger partial charge is 0.324 e. The molecule has 1 saturated carbocycles. The third-order valence-corrected chi connectivity index (χ3v) is 3.21. The zero-order valence-electron chi connectivity index (χ0n) is 8.57. The van der Waals surface area contributed by atoms with Crippen LogP contribution in [-0.4, -0.2) is 0 Å². The Hall–Kier alpha value is -0.530. The number of rotatable bonds is 2. The summed E-state index contributed by atoms with van der Waals surface area (Å²) in [5.74, 6) is 0.737. The summed E-state index contributed by atoms with van der Waals surface area (Å²) >= 11 is 0. The molecule has 1 aliphatic carbocycles. The third-order valence-electron chi connectivity index (χ3n) is 3.21. The van der Waals surface area contributed by atoms with E-state index in [0.29, 0.717) is 0 Å². The van der Waals surface area contributed by atoms with Gasteiger partial charge in [0.05, 0.1) is 0 Å². The molecule has 1 aliphatic rings. The lowest BCUT2D eigenvalue weighted by atomic mass is 9.77. The highest BCUT2D eigenvalue weighted by molar-refractivity contribution is 5.85. The van der Waals surface area contributed by atoms with Crippen LogP contribution >= 0.6 is 12.4 Å². The number of aryl methyl sites for hydroxylation is 1. The van der Waals surface area contributed by atoms with Crippen molar-refractivity contribution in [3.63, 3.8) is 0 Å². The van der Waals surface area contributed by atoms with Crippen molar-refractivity contribution in [2.24, 2.45) is 11.7 Å². The van der Waals surface area contributed by atoms with Gasteiger partial charge in [0.2, 0.25) is 0 Å². The highest BCUT2D eigenvalue weighted by Crippen LogP contribution is 2.36. The van der Waals surface area contributed by atoms with E-state index in [-0.39, 0.29) is 18.4 Å². The van der Waals surface area contributed by atoms with Crippen molar-refractivity contribution in [3.05, 3.63) is 35.4 Å². The van der Waals surface area contributed by atoms with Crippen molar-refractivity contribution in [2.75, 3.05) is 0 Å². The molecule has 0 amide bonds. The molecule has 0 saturated heterocycles. The van der Waals surface area contributed by atoms with Crippen molar-refractivity contribution in [1.82, 2.24) is 0 Å². The topological polar surface area (TPSA) is 26.0 Å². The SMILES string of the molecule is Cc1ccccc1C(N)C1CCC1.Cl. The average Bonchev–Trinajstić information content (AvgIpc) is 2.01. The van der Waals surface area contributed by atoms with Crippen molar-refractivity contribution >= 4 is 12.4 Å². The van der Waals surface area contributed by atoms with Gasteiger partial charge in [-0.25, -0.2) is 0 Å². The highest BCUT2D eigenvalue weighted by atomic mass is 35.5. The minimum Gasteiger partial charge on any atom is -0.324 e. The number of benzene rings is 1. The first-order chi connectivity index (χ1) is 6.29. The van der Waals surface area contributed by atoms with Crippen LogP contribution in [0.25, 0.3) is 0 Å². The molecule has 78 valence electrons. The van der Waals surface area contributed by atoms with Crippen LogP contribution in [0.2, 0.25) is 0 Å². The van der Waals surface area contributed by atoms with Gasteiger partial charge in [-0.05, 0) is 36.8 Å². The smallest absolute Gasteiger partial charge is 0.0326 e. The van der Waals surface area contributed by atoms with E-state index < -0.39 is 0 Å². The number of halogens is 1. The molecule has 1 unspecified atom stereocenters. The van der Waals surface area contributed by atoms with Gasteiger partial charge >= 0.3 is 0 Å². The zero-order chi connectivity index (χ0) is 9.26. The first-order valence-corrected chi connectivity index (χ1v) is 5.10. The van der Waals surface area contributed by atoms with E-state index in [1.807, 2.05) is 0 Å². The van der Waals surface area contributed by atoms with Crippen molar-refractivity contribution in [2.45, 2.75) is 32.2 Å². The van der Waals surface area contributed by atoms with E-state index in [2.05, 4.69) is 31.2 Å². The van der Waals surface area contributed by atoms with Gasteiger partial charge in [-0.1, -0.05) is 30.7 Å². The van der Waals surface area contributed by atoms with Gasteiger partial charge in [-0.2, -0.15) is 0 Å². The lowest BCUT2D eigenvalue weighted by Gasteiger charge is -2.32. The quantitative estimate of drug-likeness (QED) is 0.799. The maximum absolute atomic E-state index is 6.20. The lowest BCUT2D eigenvalue weighted by Crippen LogP contribution is -2.27. The highest BCUT2D eigenvalue weighted by Gasteiger charge is 2.25. The summed E-state index contributed by atoms with van der Waals surface area (Å²) in [5.41, 5.74) is 8.88. The van der Waals surface area contributed by atoms with E-state index in [1.165, 1.54) is 30.4 Å². The van der Waals surface area contributed by atoms with Gasteiger partial charge in [0, 0.05) is 6.04 Å². The molecular weight excluding hydrogens is 194 g/mol. The molecule has 2 N–H and O–H groups in total. The van der Waals surface area contributed by atoms with Crippen LogP contribution in [0, 0.1) is 12.8 Å². The van der Waals surface area contributed by atoms with Gasteiger partial charge in [0.25, 0.3) is 0 Å². The minimum absolute atomic E-state index is 0. The zero-order valence-corrected chi connectivity index (χ0v) is 9.39. The molecule has 2 heteroatoms. The average molecular weight is 212 g/mol. The fraction of sp³-hybridized carbons (Fsp3) is 0.500. The molecule has 0 bridgehead atoms. The third kappa shape index (κ3) is 2.10. The Bertz CT molecular complexity index is 294. The maximum Gasteiger partial charge on any atom is 0.0326 e. The number of nitrogens with two attached hydrogens (primary N) is 1. The Kier molecular flexibility index (Phi) is 3.97. The second-order valence-corrected chi connectivity index (χ2v) is 4.07. The van der Waals surface area contributed by atoms with Crippen molar-refractivity contribution < 1.29 is 0 Å². The summed E-state index contributed by atoms with van der Waals surface area (Å²) in [5, 5.41) is 0. The summed E-state index contributed by atoms with van der Waals surface area (Å²) in [6.45, 7) is 2.15. The Balaban J connectivity index is 0.000000980. The Morgan fingerprint density at radius 2 is 1.93 bits per heavy atom. The van der Waals surface area contributed by atoms with Gasteiger partial charge in [0.15, 0.2) is 0 Å². The maximum atomic E-state index is 6.20. The molecule has 0 heterocycles. The molecule has 2 rings (SSSR count). The first kappa shape index (κ1) is 11.5. The Morgan fingerprint density at radius 1 is 1.29 bits per heavy atom. The summed E-state index contributed by atoms with van der Waals surface area (Å²) in [7, 11) is 0. The molecular formula is C12H18ClN. The van der Waals surface area contributed by atoms with Crippen LogP contribution in [0.5, 0.6) is 0 Å². The summed E-state index contributed by atoms with van der Waals surface area (Å²) in [6.07, 6.45) is 4.00. The van der Waals surface area contributed by atoms with Gasteiger partial charge < -0.3 is 5.73 Å². The molecule has 0 aromatic heterocycles. The predicted molar refractivity (Wildman–Crippen MR) is 62.7 cm³/mol. The number of hydrogen-bond donors (Lipinski definition) is 1. The lowest BCUT2D eigenvalue weighted by molar-refractivity contribution is 0.264. The predicted octanol–water partition coefficient (Wildman–Crippen LogP) is 3.22.